The summed E-state index contributed by atoms with van der Waals surface area (Å²) in [7, 11) is 1.34. The van der Waals surface area contributed by atoms with Crippen molar-refractivity contribution in [1.82, 2.24) is 4.98 Å². The average molecular weight is 209 g/mol. The molecule has 1 aromatic heterocycles. The van der Waals surface area contributed by atoms with Gasteiger partial charge in [-0.3, -0.25) is 4.98 Å². The van der Waals surface area contributed by atoms with Crippen LogP contribution in [0.5, 0.6) is 0 Å². The predicted octanol–water partition coefficient (Wildman–Crippen LogP) is 1.18. The highest BCUT2D eigenvalue weighted by molar-refractivity contribution is 5.88. The summed E-state index contributed by atoms with van der Waals surface area (Å²) < 4.78 is 4.56. The van der Waals surface area contributed by atoms with E-state index < -0.39 is 0 Å². The molecule has 0 radical (unpaired) electrons. The second-order valence-electron chi connectivity index (χ2n) is 3.42. The Morgan fingerprint density at radius 1 is 1.60 bits per heavy atom. The molecule has 0 bridgehead atoms. The van der Waals surface area contributed by atoms with Gasteiger partial charge in [0.2, 0.25) is 0 Å². The van der Waals surface area contributed by atoms with Crippen LogP contribution in [-0.2, 0) is 11.2 Å². The van der Waals surface area contributed by atoms with Crippen molar-refractivity contribution in [2.24, 2.45) is 0 Å². The van der Waals surface area contributed by atoms with Crippen LogP contribution in [0.25, 0.3) is 0 Å². The molecule has 0 aliphatic carbocycles. The zero-order valence-electron chi connectivity index (χ0n) is 8.93. The fourth-order valence-electron chi connectivity index (χ4n) is 1.17. The van der Waals surface area contributed by atoms with Crippen LogP contribution in [0.15, 0.2) is 18.3 Å². The molecule has 0 saturated carbocycles. The first-order chi connectivity index (χ1) is 7.13. The van der Waals surface area contributed by atoms with Crippen molar-refractivity contribution in [1.29, 1.82) is 0 Å². The smallest absolute Gasteiger partial charge is 0.339 e. The van der Waals surface area contributed by atoms with E-state index in [9.17, 15) is 4.79 Å². The molecule has 4 heteroatoms. The van der Waals surface area contributed by atoms with Gasteiger partial charge in [-0.15, -0.1) is 0 Å². The topological polar surface area (TPSA) is 59.4 Å². The molecule has 15 heavy (non-hydrogen) atoms. The number of carbonyl (C=O) groups excluding carboxylic acids is 1. The lowest BCUT2D eigenvalue weighted by Gasteiger charge is -2.04. The second kappa shape index (κ2) is 5.46. The first-order valence-corrected chi connectivity index (χ1v) is 4.85. The molecular weight excluding hydrogens is 194 g/mol. The van der Waals surface area contributed by atoms with E-state index >= 15 is 0 Å². The Labute approximate surface area is 88.9 Å². The maximum absolute atomic E-state index is 11.1. The molecule has 0 unspecified atom stereocenters. The second-order valence-corrected chi connectivity index (χ2v) is 3.42. The van der Waals surface area contributed by atoms with Crippen molar-refractivity contribution < 1.29 is 14.6 Å². The van der Waals surface area contributed by atoms with Crippen LogP contribution < -0.4 is 0 Å². The van der Waals surface area contributed by atoms with Crippen LogP contribution in [0.2, 0.25) is 0 Å². The van der Waals surface area contributed by atoms with Crippen molar-refractivity contribution in [3.8, 4) is 0 Å². The van der Waals surface area contributed by atoms with Gasteiger partial charge in [0.25, 0.3) is 0 Å². The van der Waals surface area contributed by atoms with Crippen LogP contribution >= 0.6 is 0 Å². The van der Waals surface area contributed by atoms with E-state index in [0.29, 0.717) is 18.4 Å². The molecule has 4 nitrogen and oxygen atoms in total. The molecule has 0 aliphatic heterocycles. The normalized spacial score (nSPS) is 12.2. The molecule has 0 amide bonds. The van der Waals surface area contributed by atoms with E-state index in [1.54, 1.807) is 19.1 Å². The molecule has 0 spiro atoms. The largest absolute Gasteiger partial charge is 0.465 e. The van der Waals surface area contributed by atoms with E-state index in [2.05, 4.69) is 9.72 Å². The number of pyridine rings is 1. The van der Waals surface area contributed by atoms with Crippen molar-refractivity contribution in [3.05, 3.63) is 29.6 Å². The molecule has 0 fully saturated rings. The van der Waals surface area contributed by atoms with E-state index in [0.717, 1.165) is 5.69 Å². The lowest BCUT2D eigenvalue weighted by atomic mass is 10.1. The minimum absolute atomic E-state index is 0.327. The lowest BCUT2D eigenvalue weighted by molar-refractivity contribution is 0.0600. The average Bonchev–Trinajstić information content (AvgIpc) is 2.26. The first-order valence-electron chi connectivity index (χ1n) is 4.85. The maximum Gasteiger partial charge on any atom is 0.339 e. The summed E-state index contributed by atoms with van der Waals surface area (Å²) >= 11 is 0. The Balaban J connectivity index is 2.60. The highest BCUT2D eigenvalue weighted by Gasteiger charge is 2.05. The Hall–Kier alpha value is -1.42. The molecule has 1 atom stereocenters. The summed E-state index contributed by atoms with van der Waals surface area (Å²) in [6.45, 7) is 1.74. The third-order valence-electron chi connectivity index (χ3n) is 2.06. The number of nitrogens with zero attached hydrogens (tertiary/aromatic N) is 1. The van der Waals surface area contributed by atoms with Gasteiger partial charge >= 0.3 is 5.97 Å². The van der Waals surface area contributed by atoms with Gasteiger partial charge in [0, 0.05) is 11.9 Å². The van der Waals surface area contributed by atoms with Gasteiger partial charge in [-0.2, -0.15) is 0 Å². The minimum Gasteiger partial charge on any atom is -0.465 e. The predicted molar refractivity (Wildman–Crippen MR) is 55.6 cm³/mol. The van der Waals surface area contributed by atoms with Gasteiger partial charge in [-0.1, -0.05) is 0 Å². The summed E-state index contributed by atoms with van der Waals surface area (Å²) in [5.74, 6) is -0.385. The Morgan fingerprint density at radius 2 is 2.33 bits per heavy atom. The number of aryl methyl sites for hydroxylation is 1. The number of aliphatic hydroxyl groups is 1. The number of hydrogen-bond donors (Lipinski definition) is 1. The molecule has 0 aliphatic rings. The van der Waals surface area contributed by atoms with Gasteiger partial charge < -0.3 is 9.84 Å². The van der Waals surface area contributed by atoms with Gasteiger partial charge in [0.1, 0.15) is 0 Å². The zero-order valence-corrected chi connectivity index (χ0v) is 8.93. The number of carbonyl (C=O) groups is 1. The SMILES string of the molecule is COC(=O)c1ccc(CC[C@H](C)O)nc1. The number of aromatic nitrogens is 1. The fourth-order valence-corrected chi connectivity index (χ4v) is 1.17. The van der Waals surface area contributed by atoms with Gasteiger partial charge in [0.15, 0.2) is 0 Å². The number of rotatable bonds is 4. The Morgan fingerprint density at radius 3 is 2.80 bits per heavy atom. The van der Waals surface area contributed by atoms with Gasteiger partial charge in [-0.25, -0.2) is 4.79 Å². The van der Waals surface area contributed by atoms with Gasteiger partial charge in [-0.05, 0) is 31.9 Å². The molecule has 0 aromatic carbocycles. The summed E-state index contributed by atoms with van der Waals surface area (Å²) in [4.78, 5) is 15.2. The molecule has 1 heterocycles. The monoisotopic (exact) mass is 209 g/mol. The number of esters is 1. The van der Waals surface area contributed by atoms with E-state index in [1.807, 2.05) is 0 Å². The van der Waals surface area contributed by atoms with E-state index in [1.165, 1.54) is 13.3 Å². The molecular formula is C11H15NO3. The van der Waals surface area contributed by atoms with Crippen molar-refractivity contribution in [3.63, 3.8) is 0 Å². The van der Waals surface area contributed by atoms with Gasteiger partial charge in [0.05, 0.1) is 18.8 Å². The Kier molecular flexibility index (Phi) is 4.24. The fraction of sp³-hybridized carbons (Fsp3) is 0.455. The minimum atomic E-state index is -0.385. The van der Waals surface area contributed by atoms with Crippen LogP contribution in [0.3, 0.4) is 0 Å². The van der Waals surface area contributed by atoms with Crippen LogP contribution in [0.1, 0.15) is 29.4 Å². The summed E-state index contributed by atoms with van der Waals surface area (Å²) in [6, 6.07) is 3.45. The molecule has 1 rings (SSSR count). The molecule has 82 valence electrons. The lowest BCUT2D eigenvalue weighted by Crippen LogP contribution is -2.05. The maximum atomic E-state index is 11.1. The number of methoxy groups -OCH3 is 1. The quantitative estimate of drug-likeness (QED) is 0.756. The highest BCUT2D eigenvalue weighted by atomic mass is 16.5. The number of aliphatic hydroxyl groups excluding tert-OH is 1. The van der Waals surface area contributed by atoms with E-state index in [4.69, 9.17) is 5.11 Å². The zero-order chi connectivity index (χ0) is 11.3. The van der Waals surface area contributed by atoms with Crippen LogP contribution in [-0.4, -0.2) is 29.3 Å². The van der Waals surface area contributed by atoms with Crippen LogP contribution in [0, 0.1) is 0 Å². The van der Waals surface area contributed by atoms with Crippen molar-refractivity contribution >= 4 is 5.97 Å². The number of hydrogen-bond acceptors (Lipinski definition) is 4. The van der Waals surface area contributed by atoms with Crippen molar-refractivity contribution in [2.45, 2.75) is 25.9 Å². The van der Waals surface area contributed by atoms with E-state index in [-0.39, 0.29) is 12.1 Å². The molecule has 0 saturated heterocycles. The number of ether oxygens (including phenoxy) is 1. The van der Waals surface area contributed by atoms with Crippen molar-refractivity contribution in [2.75, 3.05) is 7.11 Å². The summed E-state index contributed by atoms with van der Waals surface area (Å²) in [5.41, 5.74) is 1.31. The summed E-state index contributed by atoms with van der Waals surface area (Å²) in [6.07, 6.45) is 2.54. The summed E-state index contributed by atoms with van der Waals surface area (Å²) in [5, 5.41) is 9.09. The third-order valence-corrected chi connectivity index (χ3v) is 2.06. The standard InChI is InChI=1S/C11H15NO3/c1-8(13)3-5-10-6-4-9(7-12-10)11(14)15-2/h4,6-8,13H,3,5H2,1-2H3/t8-/m0/s1. The Bertz CT molecular complexity index is 319. The molecule has 1 N–H and O–H groups in total. The molecule has 1 aromatic rings. The van der Waals surface area contributed by atoms with Crippen LogP contribution in [0.4, 0.5) is 0 Å². The third kappa shape index (κ3) is 3.67. The highest BCUT2D eigenvalue weighted by Crippen LogP contribution is 2.05. The first kappa shape index (κ1) is 11.7.